The molecule has 2 rings (SSSR count). The van der Waals surface area contributed by atoms with E-state index in [1.165, 1.54) is 0 Å². The van der Waals surface area contributed by atoms with Crippen LogP contribution in [0.15, 0.2) is 36.4 Å². The Morgan fingerprint density at radius 2 is 1.74 bits per heavy atom. The number of imide groups is 1. The molecule has 0 radical (unpaired) electrons. The van der Waals surface area contributed by atoms with Crippen molar-refractivity contribution >= 4 is 34.6 Å². The number of fused-ring (bicyclic) bond motifs is 1. The number of nitrogens with one attached hydrogen (secondary N) is 2. The molecule has 1 heterocycles. The van der Waals surface area contributed by atoms with Crippen LogP contribution < -0.4 is 10.6 Å². The smallest absolute Gasteiger partial charge is 0.303 e. The second-order valence-corrected chi connectivity index (χ2v) is 6.39. The van der Waals surface area contributed by atoms with Crippen LogP contribution in [-0.2, 0) is 14.4 Å². The zero-order chi connectivity index (χ0) is 20.0. The molecule has 8 nitrogen and oxygen atoms in total. The van der Waals surface area contributed by atoms with Crippen LogP contribution in [0, 0.1) is 5.92 Å². The molecule has 0 aliphatic carbocycles. The number of amides is 3. The molecule has 0 aliphatic rings. The van der Waals surface area contributed by atoms with Crippen LogP contribution in [0.2, 0.25) is 0 Å². The Balaban J connectivity index is 2.07. The van der Waals surface area contributed by atoms with Gasteiger partial charge in [0.25, 0.3) is 5.91 Å². The highest BCUT2D eigenvalue weighted by Crippen LogP contribution is 2.12. The fraction of sp³-hybridized carbons (Fsp3) is 0.316. The van der Waals surface area contributed by atoms with E-state index in [1.807, 2.05) is 18.2 Å². The number of hydrogen-bond acceptors (Lipinski definition) is 5. The summed E-state index contributed by atoms with van der Waals surface area (Å²) < 4.78 is 0. The number of carboxylic acids is 1. The molecule has 3 amide bonds. The van der Waals surface area contributed by atoms with Crippen LogP contribution in [-0.4, -0.2) is 39.8 Å². The van der Waals surface area contributed by atoms with E-state index in [0.29, 0.717) is 5.52 Å². The summed E-state index contributed by atoms with van der Waals surface area (Å²) in [5, 5.41) is 14.2. The zero-order valence-corrected chi connectivity index (χ0v) is 15.1. The molecule has 8 heteroatoms. The lowest BCUT2D eigenvalue weighted by Crippen LogP contribution is -2.51. The number of rotatable bonds is 7. The average Bonchev–Trinajstić information content (AvgIpc) is 2.63. The maximum atomic E-state index is 12.5. The Hall–Kier alpha value is -3.29. The molecule has 2 aromatic rings. The number of para-hydroxylation sites is 1. The quantitative estimate of drug-likeness (QED) is 0.677. The van der Waals surface area contributed by atoms with Crippen molar-refractivity contribution in [3.8, 4) is 0 Å². The minimum Gasteiger partial charge on any atom is -0.481 e. The first kappa shape index (κ1) is 20.0. The molecule has 1 aromatic carbocycles. The van der Waals surface area contributed by atoms with Gasteiger partial charge in [0, 0.05) is 11.8 Å². The first-order valence-electron chi connectivity index (χ1n) is 8.50. The molecule has 3 N–H and O–H groups in total. The minimum absolute atomic E-state index is 0.157. The second-order valence-electron chi connectivity index (χ2n) is 6.39. The number of carbonyl (C=O) groups excluding carboxylic acids is 3. The van der Waals surface area contributed by atoms with E-state index < -0.39 is 29.7 Å². The summed E-state index contributed by atoms with van der Waals surface area (Å²) in [5.41, 5.74) is 0.809. The first-order valence-corrected chi connectivity index (χ1v) is 8.50. The van der Waals surface area contributed by atoms with Crippen LogP contribution in [0.3, 0.4) is 0 Å². The van der Waals surface area contributed by atoms with Gasteiger partial charge in [-0.25, -0.2) is 4.98 Å². The van der Waals surface area contributed by atoms with Gasteiger partial charge < -0.3 is 10.4 Å². The first-order chi connectivity index (χ1) is 12.8. The predicted octanol–water partition coefficient (Wildman–Crippen LogP) is 1.50. The van der Waals surface area contributed by atoms with E-state index in [9.17, 15) is 19.2 Å². The summed E-state index contributed by atoms with van der Waals surface area (Å²) >= 11 is 0. The average molecular weight is 371 g/mol. The monoisotopic (exact) mass is 371 g/mol. The number of aromatic nitrogens is 1. The molecule has 142 valence electrons. The van der Waals surface area contributed by atoms with Crippen molar-refractivity contribution in [2.75, 3.05) is 0 Å². The van der Waals surface area contributed by atoms with E-state index in [-0.39, 0.29) is 24.5 Å². The normalized spacial score (nSPS) is 11.8. The topological polar surface area (TPSA) is 125 Å². The van der Waals surface area contributed by atoms with Crippen molar-refractivity contribution in [1.82, 2.24) is 15.6 Å². The van der Waals surface area contributed by atoms with E-state index in [1.54, 1.807) is 32.0 Å². The maximum absolute atomic E-state index is 12.5. The van der Waals surface area contributed by atoms with Gasteiger partial charge in [-0.15, -0.1) is 0 Å². The number of carbonyl (C=O) groups is 4. The molecule has 27 heavy (non-hydrogen) atoms. The Labute approximate surface area is 156 Å². The Bertz CT molecular complexity index is 879. The lowest BCUT2D eigenvalue weighted by Gasteiger charge is -2.21. The summed E-state index contributed by atoms with van der Waals surface area (Å²) in [6.07, 6.45) is -0.690. The third-order valence-corrected chi connectivity index (χ3v) is 3.90. The number of benzene rings is 1. The summed E-state index contributed by atoms with van der Waals surface area (Å²) in [5.74, 6) is -3.34. The molecule has 0 spiro atoms. The van der Waals surface area contributed by atoms with Gasteiger partial charge in [-0.05, 0) is 18.1 Å². The SMILES string of the molecule is CC(C)[C@H](NC(=O)c1ccc2ccccc2n1)C(=O)NC(=O)CCC(=O)O. The van der Waals surface area contributed by atoms with Crippen molar-refractivity contribution in [3.05, 3.63) is 42.1 Å². The van der Waals surface area contributed by atoms with Crippen molar-refractivity contribution in [2.24, 2.45) is 5.92 Å². The highest BCUT2D eigenvalue weighted by Gasteiger charge is 2.26. The molecule has 0 saturated carbocycles. The maximum Gasteiger partial charge on any atom is 0.303 e. The van der Waals surface area contributed by atoms with Gasteiger partial charge in [-0.3, -0.25) is 24.5 Å². The van der Waals surface area contributed by atoms with Gasteiger partial charge in [-0.1, -0.05) is 38.1 Å². The third-order valence-electron chi connectivity index (χ3n) is 3.90. The number of aliphatic carboxylic acids is 1. The predicted molar refractivity (Wildman–Crippen MR) is 97.9 cm³/mol. The highest BCUT2D eigenvalue weighted by molar-refractivity contribution is 6.02. The minimum atomic E-state index is -1.13. The van der Waals surface area contributed by atoms with E-state index in [2.05, 4.69) is 15.6 Å². The van der Waals surface area contributed by atoms with Crippen LogP contribution >= 0.6 is 0 Å². The molecular weight excluding hydrogens is 350 g/mol. The standard InChI is InChI=1S/C19H21N3O5/c1-11(2)17(19(27)21-15(23)9-10-16(24)25)22-18(26)14-8-7-12-5-3-4-6-13(12)20-14/h3-8,11,17H,9-10H2,1-2H3,(H,22,26)(H,24,25)(H,21,23,27)/t17-/m0/s1. The van der Waals surface area contributed by atoms with Crippen molar-refractivity contribution in [1.29, 1.82) is 0 Å². The van der Waals surface area contributed by atoms with Crippen molar-refractivity contribution < 1.29 is 24.3 Å². The largest absolute Gasteiger partial charge is 0.481 e. The number of carboxylic acid groups (broad SMARTS) is 1. The molecule has 1 aromatic heterocycles. The third kappa shape index (κ3) is 5.60. The van der Waals surface area contributed by atoms with Gasteiger partial charge in [0.1, 0.15) is 11.7 Å². The Morgan fingerprint density at radius 3 is 2.41 bits per heavy atom. The van der Waals surface area contributed by atoms with E-state index in [0.717, 1.165) is 5.39 Å². The molecule has 0 fully saturated rings. The van der Waals surface area contributed by atoms with Gasteiger partial charge in [-0.2, -0.15) is 0 Å². The Kier molecular flexibility index (Phi) is 6.59. The van der Waals surface area contributed by atoms with Crippen LogP contribution in [0.25, 0.3) is 10.9 Å². The number of pyridine rings is 1. The molecule has 1 atom stereocenters. The lowest BCUT2D eigenvalue weighted by molar-refractivity contribution is -0.140. The fourth-order valence-electron chi connectivity index (χ4n) is 2.44. The van der Waals surface area contributed by atoms with Crippen LogP contribution in [0.1, 0.15) is 37.2 Å². The molecule has 0 saturated heterocycles. The Morgan fingerprint density at radius 1 is 1.04 bits per heavy atom. The zero-order valence-electron chi connectivity index (χ0n) is 15.1. The van der Waals surface area contributed by atoms with E-state index >= 15 is 0 Å². The molecule has 0 bridgehead atoms. The van der Waals surface area contributed by atoms with E-state index in [4.69, 9.17) is 5.11 Å². The summed E-state index contributed by atoms with van der Waals surface area (Å²) in [6, 6.07) is 9.69. The summed E-state index contributed by atoms with van der Waals surface area (Å²) in [7, 11) is 0. The van der Waals surface area contributed by atoms with Crippen LogP contribution in [0.5, 0.6) is 0 Å². The molecule has 0 unspecified atom stereocenters. The number of nitrogens with zero attached hydrogens (tertiary/aromatic N) is 1. The molecule has 0 aliphatic heterocycles. The summed E-state index contributed by atoms with van der Waals surface area (Å²) in [4.78, 5) is 51.2. The number of hydrogen-bond donors (Lipinski definition) is 3. The lowest BCUT2D eigenvalue weighted by atomic mass is 10.0. The van der Waals surface area contributed by atoms with Gasteiger partial charge in [0.15, 0.2) is 0 Å². The van der Waals surface area contributed by atoms with Gasteiger partial charge >= 0.3 is 5.97 Å². The molecular formula is C19H21N3O5. The van der Waals surface area contributed by atoms with Crippen molar-refractivity contribution in [3.63, 3.8) is 0 Å². The van der Waals surface area contributed by atoms with Crippen LogP contribution in [0.4, 0.5) is 0 Å². The summed E-state index contributed by atoms with van der Waals surface area (Å²) in [6.45, 7) is 3.44. The van der Waals surface area contributed by atoms with Crippen molar-refractivity contribution in [2.45, 2.75) is 32.7 Å². The fourth-order valence-corrected chi connectivity index (χ4v) is 2.44. The van der Waals surface area contributed by atoms with Gasteiger partial charge in [0.2, 0.25) is 11.8 Å². The highest BCUT2D eigenvalue weighted by atomic mass is 16.4. The second kappa shape index (κ2) is 8.88. The van der Waals surface area contributed by atoms with Gasteiger partial charge in [0.05, 0.1) is 11.9 Å².